The van der Waals surface area contributed by atoms with Crippen LogP contribution in [0.25, 0.3) is 0 Å². The van der Waals surface area contributed by atoms with Gasteiger partial charge in [0.05, 0.1) is 11.7 Å². The van der Waals surface area contributed by atoms with Gasteiger partial charge in [0.1, 0.15) is 0 Å². The molecular weight excluding hydrogens is 218 g/mol. The third kappa shape index (κ3) is 6.43. The summed E-state index contributed by atoms with van der Waals surface area (Å²) in [5.74, 6) is -0.180. The second-order valence-electron chi connectivity index (χ2n) is 4.01. The minimum absolute atomic E-state index is 0.180. The van der Waals surface area contributed by atoms with Gasteiger partial charge in [0, 0.05) is 19.6 Å². The van der Waals surface area contributed by atoms with Gasteiger partial charge in [-0.1, -0.05) is 0 Å². The van der Waals surface area contributed by atoms with Gasteiger partial charge in [-0.25, -0.2) is 13.1 Å². The number of carbonyl (C=O) groups excluding carboxylic acids is 1. The Labute approximate surface area is 90.7 Å². The smallest absolute Gasteiger partial charge is 0.226 e. The number of amides is 1. The fourth-order valence-corrected chi connectivity index (χ4v) is 1.22. The van der Waals surface area contributed by atoms with Crippen molar-refractivity contribution in [2.45, 2.75) is 13.8 Å². The van der Waals surface area contributed by atoms with E-state index < -0.39 is 15.4 Å². The molecule has 0 saturated carbocycles. The molecule has 0 aromatic rings. The van der Waals surface area contributed by atoms with Gasteiger partial charge in [0.25, 0.3) is 0 Å². The van der Waals surface area contributed by atoms with Crippen molar-refractivity contribution in [3.63, 3.8) is 0 Å². The van der Waals surface area contributed by atoms with Crippen LogP contribution in [0.1, 0.15) is 13.8 Å². The molecule has 0 fully saturated rings. The van der Waals surface area contributed by atoms with E-state index in [1.807, 2.05) is 0 Å². The van der Waals surface area contributed by atoms with Crippen LogP contribution in [0.15, 0.2) is 0 Å². The van der Waals surface area contributed by atoms with Crippen LogP contribution in [0.2, 0.25) is 0 Å². The molecular formula is C8H19N3O3S. The zero-order chi connectivity index (χ0) is 12.1. The van der Waals surface area contributed by atoms with E-state index in [1.165, 1.54) is 0 Å². The molecule has 90 valence electrons. The van der Waals surface area contributed by atoms with Crippen LogP contribution < -0.4 is 15.8 Å². The molecule has 0 heterocycles. The SMILES string of the molecule is CC(C)(CN)C(=O)NCCNS(C)(=O)=O. The maximum Gasteiger partial charge on any atom is 0.226 e. The van der Waals surface area contributed by atoms with E-state index in [0.29, 0.717) is 0 Å². The van der Waals surface area contributed by atoms with Crippen molar-refractivity contribution in [1.82, 2.24) is 10.0 Å². The van der Waals surface area contributed by atoms with Crippen LogP contribution in [-0.4, -0.2) is 40.2 Å². The molecule has 6 nitrogen and oxygen atoms in total. The minimum atomic E-state index is -3.19. The van der Waals surface area contributed by atoms with E-state index in [4.69, 9.17) is 5.73 Å². The molecule has 0 aliphatic rings. The summed E-state index contributed by atoms with van der Waals surface area (Å²) in [7, 11) is -3.19. The van der Waals surface area contributed by atoms with Gasteiger partial charge in [0.2, 0.25) is 15.9 Å². The van der Waals surface area contributed by atoms with Gasteiger partial charge in [-0.2, -0.15) is 0 Å². The standard InChI is InChI=1S/C8H19N3O3S/c1-8(2,6-9)7(12)10-4-5-11-15(3,13)14/h11H,4-6,9H2,1-3H3,(H,10,12). The Kier molecular flexibility index (Phi) is 5.19. The number of nitrogens with two attached hydrogens (primary N) is 1. The number of rotatable bonds is 6. The van der Waals surface area contributed by atoms with Gasteiger partial charge in [-0.05, 0) is 13.8 Å². The van der Waals surface area contributed by atoms with Crippen molar-refractivity contribution in [2.75, 3.05) is 25.9 Å². The van der Waals surface area contributed by atoms with E-state index >= 15 is 0 Å². The normalized spacial score (nSPS) is 12.5. The Morgan fingerprint density at radius 1 is 1.33 bits per heavy atom. The third-order valence-electron chi connectivity index (χ3n) is 1.90. The Bertz CT molecular complexity index is 311. The molecule has 0 atom stereocenters. The topological polar surface area (TPSA) is 101 Å². The summed E-state index contributed by atoms with van der Waals surface area (Å²) >= 11 is 0. The molecule has 0 aromatic carbocycles. The average Bonchev–Trinajstić information content (AvgIpc) is 2.10. The number of sulfonamides is 1. The van der Waals surface area contributed by atoms with Crippen LogP contribution in [0.3, 0.4) is 0 Å². The van der Waals surface area contributed by atoms with Crippen LogP contribution in [0, 0.1) is 5.41 Å². The highest BCUT2D eigenvalue weighted by Gasteiger charge is 2.24. The van der Waals surface area contributed by atoms with E-state index in [0.717, 1.165) is 6.26 Å². The van der Waals surface area contributed by atoms with Crippen molar-refractivity contribution in [2.24, 2.45) is 11.1 Å². The van der Waals surface area contributed by atoms with Gasteiger partial charge in [-0.3, -0.25) is 4.79 Å². The largest absolute Gasteiger partial charge is 0.354 e. The van der Waals surface area contributed by atoms with Crippen molar-refractivity contribution >= 4 is 15.9 Å². The van der Waals surface area contributed by atoms with Gasteiger partial charge in [-0.15, -0.1) is 0 Å². The van der Waals surface area contributed by atoms with Crippen LogP contribution in [0.5, 0.6) is 0 Å². The highest BCUT2D eigenvalue weighted by molar-refractivity contribution is 7.88. The zero-order valence-corrected chi connectivity index (χ0v) is 10.1. The molecule has 0 aliphatic carbocycles. The monoisotopic (exact) mass is 237 g/mol. The fourth-order valence-electron chi connectivity index (χ4n) is 0.744. The van der Waals surface area contributed by atoms with E-state index in [-0.39, 0.29) is 25.5 Å². The Morgan fingerprint density at radius 2 is 1.87 bits per heavy atom. The highest BCUT2D eigenvalue weighted by atomic mass is 32.2. The number of hydrogen-bond donors (Lipinski definition) is 3. The maximum absolute atomic E-state index is 11.5. The molecule has 0 radical (unpaired) electrons. The Morgan fingerprint density at radius 3 is 2.27 bits per heavy atom. The molecule has 4 N–H and O–H groups in total. The van der Waals surface area contributed by atoms with Crippen molar-refractivity contribution in [3.8, 4) is 0 Å². The predicted molar refractivity (Wildman–Crippen MR) is 58.7 cm³/mol. The first kappa shape index (κ1) is 14.3. The van der Waals surface area contributed by atoms with Gasteiger partial charge >= 0.3 is 0 Å². The summed E-state index contributed by atoms with van der Waals surface area (Å²) in [6.07, 6.45) is 1.07. The number of hydrogen-bond acceptors (Lipinski definition) is 4. The molecule has 15 heavy (non-hydrogen) atoms. The molecule has 0 aromatic heterocycles. The number of nitrogens with one attached hydrogen (secondary N) is 2. The predicted octanol–water partition coefficient (Wildman–Crippen LogP) is -1.36. The summed E-state index contributed by atoms with van der Waals surface area (Å²) in [6.45, 7) is 4.15. The van der Waals surface area contributed by atoms with Crippen molar-refractivity contribution in [1.29, 1.82) is 0 Å². The first-order valence-electron chi connectivity index (χ1n) is 4.62. The lowest BCUT2D eigenvalue weighted by molar-refractivity contribution is -0.128. The van der Waals surface area contributed by atoms with Crippen molar-refractivity contribution < 1.29 is 13.2 Å². The van der Waals surface area contributed by atoms with Crippen LogP contribution in [0.4, 0.5) is 0 Å². The number of carbonyl (C=O) groups is 1. The van der Waals surface area contributed by atoms with E-state index in [1.54, 1.807) is 13.8 Å². The molecule has 0 rings (SSSR count). The molecule has 1 amide bonds. The lowest BCUT2D eigenvalue weighted by atomic mass is 9.93. The lowest BCUT2D eigenvalue weighted by Crippen LogP contribution is -2.44. The molecule has 0 bridgehead atoms. The summed E-state index contributed by atoms with van der Waals surface area (Å²) in [6, 6.07) is 0. The molecule has 0 spiro atoms. The quantitative estimate of drug-likeness (QED) is 0.496. The lowest BCUT2D eigenvalue weighted by Gasteiger charge is -2.21. The zero-order valence-electron chi connectivity index (χ0n) is 9.33. The third-order valence-corrected chi connectivity index (χ3v) is 2.63. The minimum Gasteiger partial charge on any atom is -0.354 e. The fraction of sp³-hybridized carbons (Fsp3) is 0.875. The highest BCUT2D eigenvalue weighted by Crippen LogP contribution is 2.11. The Balaban J connectivity index is 3.84. The molecule has 7 heteroatoms. The molecule has 0 saturated heterocycles. The summed E-state index contributed by atoms with van der Waals surface area (Å²) in [5.41, 5.74) is 4.79. The Hall–Kier alpha value is -0.660. The van der Waals surface area contributed by atoms with Crippen LogP contribution >= 0.6 is 0 Å². The summed E-state index contributed by atoms with van der Waals surface area (Å²) in [5, 5.41) is 2.60. The molecule has 0 aliphatic heterocycles. The van der Waals surface area contributed by atoms with E-state index in [2.05, 4.69) is 10.0 Å². The second-order valence-corrected chi connectivity index (χ2v) is 5.84. The van der Waals surface area contributed by atoms with E-state index in [9.17, 15) is 13.2 Å². The van der Waals surface area contributed by atoms with Crippen LogP contribution in [-0.2, 0) is 14.8 Å². The summed E-state index contributed by atoms with van der Waals surface area (Å²) < 4.78 is 23.6. The first-order chi connectivity index (χ1) is 6.69. The summed E-state index contributed by atoms with van der Waals surface area (Å²) in [4.78, 5) is 11.5. The van der Waals surface area contributed by atoms with Crippen molar-refractivity contribution in [3.05, 3.63) is 0 Å². The maximum atomic E-state index is 11.5. The first-order valence-corrected chi connectivity index (χ1v) is 6.51. The second kappa shape index (κ2) is 5.43. The average molecular weight is 237 g/mol. The van der Waals surface area contributed by atoms with Gasteiger partial charge in [0.15, 0.2) is 0 Å². The molecule has 0 unspecified atom stereocenters. The van der Waals surface area contributed by atoms with Gasteiger partial charge < -0.3 is 11.1 Å².